The number of fused-ring (bicyclic) bond motifs is 2. The van der Waals surface area contributed by atoms with E-state index in [1.54, 1.807) is 0 Å². The lowest BCUT2D eigenvalue weighted by Crippen LogP contribution is -2.18. The number of aryl methyl sites for hydroxylation is 2. The molecule has 7 rings (SSSR count). The first-order valence-electron chi connectivity index (χ1n) is 21.1. The molecule has 0 spiro atoms. The van der Waals surface area contributed by atoms with Crippen LogP contribution in [0.25, 0.3) is 21.5 Å². The first-order valence-corrected chi connectivity index (χ1v) is 29.7. The van der Waals surface area contributed by atoms with E-state index in [9.17, 15) is 107 Å². The van der Waals surface area contributed by atoms with Gasteiger partial charge in [-0.25, -0.2) is 0 Å². The molecule has 0 saturated carbocycles. The Bertz CT molecular complexity index is 4340. The zero-order valence-corrected chi connectivity index (χ0v) is 44.1. The molecular formula is C44H33N5O24S6. The maximum absolute atomic E-state index is 13.8. The second kappa shape index (κ2) is 20.5. The SMILES string of the molecule is Cc1ccc(C(=O)Nc2ccc(S(=O)(=O)O)c3cc(S(=O)(=O)O)cc(S(=O)(=O)O)c23)cc1NC(=O)c1cc(C(=O)Nc2cc(C(=O)Nc3ccc(S(=O)(=O)O)c4cc(S(=O)(=O)O)cc(S(=O)(=O)O)c34)ccc2C)cc([N+](=O)[O-])c1. The van der Waals surface area contributed by atoms with Crippen molar-refractivity contribution in [3.05, 3.63) is 147 Å². The molecule has 7 aromatic rings. The number of benzene rings is 7. The number of nitrogens with zero attached hydrogens (tertiary/aromatic N) is 1. The summed E-state index contributed by atoms with van der Waals surface area (Å²) in [5.41, 5.74) is -3.51. The van der Waals surface area contributed by atoms with E-state index in [1.165, 1.54) is 38.1 Å². The van der Waals surface area contributed by atoms with Gasteiger partial charge in [0.2, 0.25) is 0 Å². The van der Waals surface area contributed by atoms with E-state index in [4.69, 9.17) is 0 Å². The maximum Gasteiger partial charge on any atom is 0.295 e. The van der Waals surface area contributed by atoms with E-state index in [2.05, 4.69) is 21.3 Å². The van der Waals surface area contributed by atoms with Crippen molar-refractivity contribution >= 4 is 134 Å². The normalized spacial score (nSPS) is 12.5. The van der Waals surface area contributed by atoms with E-state index < -0.39 is 168 Å². The Hall–Kier alpha value is -8.20. The molecule has 4 amide bonds. The number of hydrogen-bond acceptors (Lipinski definition) is 18. The monoisotopic (exact) mass is 1210 g/mol. The molecule has 0 heterocycles. The van der Waals surface area contributed by atoms with E-state index in [0.717, 1.165) is 42.5 Å². The second-order valence-corrected chi connectivity index (χ2v) is 25.1. The number of nitro groups is 1. The predicted molar refractivity (Wildman–Crippen MR) is 274 cm³/mol. The summed E-state index contributed by atoms with van der Waals surface area (Å²) in [6.45, 7) is 2.88. The van der Waals surface area contributed by atoms with Crippen molar-refractivity contribution in [2.75, 3.05) is 21.3 Å². The van der Waals surface area contributed by atoms with Crippen LogP contribution >= 0.6 is 0 Å². The molecule has 0 aromatic heterocycles. The van der Waals surface area contributed by atoms with Crippen LogP contribution in [-0.2, 0) is 60.7 Å². The van der Waals surface area contributed by atoms with Crippen molar-refractivity contribution in [3.63, 3.8) is 0 Å². The third-order valence-electron chi connectivity index (χ3n) is 11.4. The molecule has 0 bridgehead atoms. The van der Waals surface area contributed by atoms with Gasteiger partial charge >= 0.3 is 0 Å². The van der Waals surface area contributed by atoms with Gasteiger partial charge in [-0.3, -0.25) is 56.6 Å². The van der Waals surface area contributed by atoms with E-state index >= 15 is 0 Å². The van der Waals surface area contributed by atoms with Gasteiger partial charge in [-0.2, -0.15) is 50.5 Å². The van der Waals surface area contributed by atoms with E-state index in [-0.39, 0.29) is 45.8 Å². The Labute approximate surface area is 444 Å². The van der Waals surface area contributed by atoms with Crippen LogP contribution in [0.15, 0.2) is 133 Å². The molecule has 7 aromatic carbocycles. The van der Waals surface area contributed by atoms with Crippen LogP contribution < -0.4 is 21.3 Å². The molecule has 0 saturated heterocycles. The summed E-state index contributed by atoms with van der Waals surface area (Å²) in [7, 11) is -32.2. The summed E-state index contributed by atoms with van der Waals surface area (Å²) in [6, 6.07) is 13.7. The molecule has 0 fully saturated rings. The number of hydrogen-bond donors (Lipinski definition) is 10. The maximum atomic E-state index is 13.8. The summed E-state index contributed by atoms with van der Waals surface area (Å²) in [5.74, 6) is -4.49. The Morgan fingerprint density at radius 3 is 1.00 bits per heavy atom. The number of carbonyl (C=O) groups excluding carboxylic acids is 4. The Morgan fingerprint density at radius 2 is 0.696 bits per heavy atom. The molecule has 79 heavy (non-hydrogen) atoms. The summed E-state index contributed by atoms with van der Waals surface area (Å²) >= 11 is 0. The smallest absolute Gasteiger partial charge is 0.295 e. The highest BCUT2D eigenvalue weighted by atomic mass is 32.2. The highest BCUT2D eigenvalue weighted by Gasteiger charge is 2.30. The lowest BCUT2D eigenvalue weighted by Gasteiger charge is -2.16. The molecule has 0 radical (unpaired) electrons. The number of amides is 4. The van der Waals surface area contributed by atoms with Gasteiger partial charge in [0.25, 0.3) is 90.0 Å². The average molecular weight is 1210 g/mol. The standard InChI is InChI=1S/C44H33N5O24S6/c1-20-3-5-22(41(50)45-31-7-9-35(76(62,63)64)29-16-27(74(56,57)58)18-37(39(29)31)78(68,69)70)14-33(20)47-43(52)24-11-25(13-26(12-24)49(54)55)44(53)48-34-15-23(6-4-21(34)2)42(51)46-32-8-10-36(77(65,66)67)30-17-28(75(59,60)61)19-38(40(30)32)79(71,72)73/h3-19H,1-2H3,(H,45,50)(H,46,51)(H,47,52)(H,48,53)(H,56,57,58)(H,59,60,61)(H,62,63,64)(H,65,66,67)(H,68,69,70)(H,71,72,73). The summed E-state index contributed by atoms with van der Waals surface area (Å²) in [4.78, 5) is 58.8. The fourth-order valence-corrected chi connectivity index (χ4v) is 11.8. The number of non-ortho nitro benzene ring substituents is 1. The third kappa shape index (κ3) is 12.6. The minimum Gasteiger partial charge on any atom is -0.322 e. The minimum atomic E-state index is -5.51. The fourth-order valence-electron chi connectivity index (χ4n) is 7.70. The Morgan fingerprint density at radius 1 is 0.380 bits per heavy atom. The number of carbonyl (C=O) groups is 4. The zero-order valence-electron chi connectivity index (χ0n) is 39.2. The van der Waals surface area contributed by atoms with Gasteiger partial charge < -0.3 is 21.3 Å². The van der Waals surface area contributed by atoms with Crippen molar-refractivity contribution in [1.82, 2.24) is 0 Å². The van der Waals surface area contributed by atoms with Crippen LogP contribution in [0.1, 0.15) is 52.6 Å². The van der Waals surface area contributed by atoms with Crippen LogP contribution in [0.2, 0.25) is 0 Å². The molecule has 414 valence electrons. The number of rotatable bonds is 15. The first-order chi connectivity index (χ1) is 36.2. The quantitative estimate of drug-likeness (QED) is 0.0366. The molecule has 35 heteroatoms. The molecule has 0 unspecified atom stereocenters. The molecule has 29 nitrogen and oxygen atoms in total. The lowest BCUT2D eigenvalue weighted by molar-refractivity contribution is -0.384. The first kappa shape index (κ1) is 58.5. The third-order valence-corrected chi connectivity index (χ3v) is 16.6. The van der Waals surface area contributed by atoms with Crippen molar-refractivity contribution in [2.24, 2.45) is 0 Å². The molecule has 10 N–H and O–H groups in total. The van der Waals surface area contributed by atoms with Crippen molar-refractivity contribution in [3.8, 4) is 0 Å². The average Bonchev–Trinajstić information content (AvgIpc) is 3.42. The summed E-state index contributed by atoms with van der Waals surface area (Å²) in [5, 5.41) is 18.0. The van der Waals surface area contributed by atoms with Crippen molar-refractivity contribution in [2.45, 2.75) is 43.2 Å². The largest absolute Gasteiger partial charge is 0.322 e. The van der Waals surface area contributed by atoms with Crippen LogP contribution in [-0.4, -0.2) is 106 Å². The molecule has 0 atom stereocenters. The van der Waals surface area contributed by atoms with Crippen LogP contribution in [0, 0.1) is 24.0 Å². The Kier molecular flexibility index (Phi) is 15.2. The van der Waals surface area contributed by atoms with Gasteiger partial charge in [0, 0.05) is 67.3 Å². The van der Waals surface area contributed by atoms with Gasteiger partial charge in [0.15, 0.2) is 0 Å². The van der Waals surface area contributed by atoms with Gasteiger partial charge in [-0.1, -0.05) is 12.1 Å². The van der Waals surface area contributed by atoms with Crippen molar-refractivity contribution < 1.29 is 102 Å². The predicted octanol–water partition coefficient (Wildman–Crippen LogP) is 5.01. The number of nitrogens with one attached hydrogen (secondary N) is 4. The molecule has 0 aliphatic heterocycles. The van der Waals surface area contributed by atoms with E-state index in [1.807, 2.05) is 0 Å². The van der Waals surface area contributed by atoms with Gasteiger partial charge in [0.1, 0.15) is 19.6 Å². The topological polar surface area (TPSA) is 486 Å². The van der Waals surface area contributed by atoms with Gasteiger partial charge in [-0.05, 0) is 104 Å². The molecule has 0 aliphatic rings. The van der Waals surface area contributed by atoms with Crippen LogP contribution in [0.3, 0.4) is 0 Å². The highest BCUT2D eigenvalue weighted by Crippen LogP contribution is 2.39. The second-order valence-electron chi connectivity index (χ2n) is 16.7. The van der Waals surface area contributed by atoms with Crippen molar-refractivity contribution in [1.29, 1.82) is 0 Å². The van der Waals surface area contributed by atoms with E-state index in [0.29, 0.717) is 24.3 Å². The lowest BCUT2D eigenvalue weighted by atomic mass is 10.0. The van der Waals surface area contributed by atoms with Gasteiger partial charge in [-0.15, -0.1) is 0 Å². The fraction of sp³-hybridized carbons (Fsp3) is 0.0455. The number of anilines is 4. The Balaban J connectivity index is 1.17. The molecular weight excluding hydrogens is 1170 g/mol. The zero-order chi connectivity index (χ0) is 58.9. The van der Waals surface area contributed by atoms with Crippen LogP contribution in [0.4, 0.5) is 28.4 Å². The summed E-state index contributed by atoms with van der Waals surface area (Å²) in [6.07, 6.45) is 0. The van der Waals surface area contributed by atoms with Crippen LogP contribution in [0.5, 0.6) is 0 Å². The summed E-state index contributed by atoms with van der Waals surface area (Å²) < 4.78 is 206. The number of nitro benzene ring substituents is 1. The van der Waals surface area contributed by atoms with Gasteiger partial charge in [0.05, 0.1) is 26.1 Å². The highest BCUT2D eigenvalue weighted by molar-refractivity contribution is 7.88. The minimum absolute atomic E-state index is 0.150. The molecule has 0 aliphatic carbocycles.